The third-order valence-corrected chi connectivity index (χ3v) is 4.74. The van der Waals surface area contributed by atoms with Crippen molar-refractivity contribution in [3.63, 3.8) is 0 Å². The first-order valence-corrected chi connectivity index (χ1v) is 7.33. The summed E-state index contributed by atoms with van der Waals surface area (Å²) in [6.45, 7) is 4.32. The number of halogens is 1. The van der Waals surface area contributed by atoms with Gasteiger partial charge in [-0.3, -0.25) is 0 Å². The number of aromatic nitrogens is 2. The molecule has 0 saturated carbocycles. The van der Waals surface area contributed by atoms with Crippen molar-refractivity contribution in [3.05, 3.63) is 45.6 Å². The number of benzene rings is 1. The number of hydrogen-bond donors (Lipinski definition) is 1. The van der Waals surface area contributed by atoms with Crippen molar-refractivity contribution in [1.29, 1.82) is 0 Å². The summed E-state index contributed by atoms with van der Waals surface area (Å²) < 4.78 is 3.52. The summed E-state index contributed by atoms with van der Waals surface area (Å²) in [4.78, 5) is 4.33. The van der Waals surface area contributed by atoms with E-state index in [-0.39, 0.29) is 0 Å². The number of rotatable bonds is 2. The van der Waals surface area contributed by atoms with Crippen LogP contribution in [0.25, 0.3) is 5.69 Å². The van der Waals surface area contributed by atoms with Crippen molar-refractivity contribution in [2.75, 3.05) is 13.1 Å². The molecule has 3 rings (SSSR count). The Balaban J connectivity index is 2.00. The first kappa shape index (κ1) is 12.2. The van der Waals surface area contributed by atoms with Crippen molar-refractivity contribution >= 4 is 22.6 Å². The number of hydrogen-bond acceptors (Lipinski definition) is 2. The number of nitrogens with zero attached hydrogens (tertiary/aromatic N) is 2. The van der Waals surface area contributed by atoms with E-state index >= 15 is 0 Å². The molecule has 1 N–H and O–H groups in total. The topological polar surface area (TPSA) is 29.9 Å². The van der Waals surface area contributed by atoms with Crippen LogP contribution in [0.2, 0.25) is 0 Å². The molecule has 3 nitrogen and oxygen atoms in total. The van der Waals surface area contributed by atoms with Gasteiger partial charge in [-0.05, 0) is 60.2 Å². The fourth-order valence-corrected chi connectivity index (χ4v) is 2.96. The lowest BCUT2D eigenvalue weighted by atomic mass is 10.1. The van der Waals surface area contributed by atoms with Gasteiger partial charge in [0.25, 0.3) is 0 Å². The number of aryl methyl sites for hydroxylation is 1. The molecule has 2 aromatic rings. The summed E-state index contributed by atoms with van der Waals surface area (Å²) >= 11 is 2.39. The van der Waals surface area contributed by atoms with Crippen LogP contribution in [0.1, 0.15) is 23.6 Å². The monoisotopic (exact) mass is 353 g/mol. The van der Waals surface area contributed by atoms with Crippen molar-refractivity contribution in [1.82, 2.24) is 14.9 Å². The normalized spacial score (nSPS) is 19.3. The van der Waals surface area contributed by atoms with Gasteiger partial charge in [0.2, 0.25) is 0 Å². The van der Waals surface area contributed by atoms with E-state index in [4.69, 9.17) is 0 Å². The third kappa shape index (κ3) is 2.19. The Morgan fingerprint density at radius 2 is 2.33 bits per heavy atom. The maximum atomic E-state index is 4.33. The molecule has 1 fully saturated rings. The van der Waals surface area contributed by atoms with Crippen molar-refractivity contribution in [3.8, 4) is 5.69 Å². The van der Waals surface area contributed by atoms with Crippen LogP contribution < -0.4 is 5.32 Å². The van der Waals surface area contributed by atoms with Crippen LogP contribution in [0.3, 0.4) is 0 Å². The minimum atomic E-state index is 0.589. The highest BCUT2D eigenvalue weighted by Crippen LogP contribution is 2.25. The van der Waals surface area contributed by atoms with E-state index in [1.807, 2.05) is 12.5 Å². The van der Waals surface area contributed by atoms with Crippen LogP contribution in [-0.2, 0) is 0 Å². The summed E-state index contributed by atoms with van der Waals surface area (Å²) in [6.07, 6.45) is 5.13. The van der Waals surface area contributed by atoms with E-state index in [0.29, 0.717) is 5.92 Å². The van der Waals surface area contributed by atoms with Gasteiger partial charge in [0, 0.05) is 33.6 Å². The number of imidazole rings is 1. The van der Waals surface area contributed by atoms with Gasteiger partial charge in [0.1, 0.15) is 0 Å². The average molecular weight is 353 g/mol. The highest BCUT2D eigenvalue weighted by molar-refractivity contribution is 14.1. The van der Waals surface area contributed by atoms with Gasteiger partial charge in [0.05, 0.1) is 6.33 Å². The molecule has 0 spiro atoms. The molecule has 0 bridgehead atoms. The minimum Gasteiger partial charge on any atom is -0.316 e. The Hall–Kier alpha value is -0.880. The smallest absolute Gasteiger partial charge is 0.0994 e. The minimum absolute atomic E-state index is 0.589. The molecule has 2 heterocycles. The van der Waals surface area contributed by atoms with Crippen LogP contribution in [0.15, 0.2) is 30.7 Å². The van der Waals surface area contributed by atoms with E-state index in [1.165, 1.54) is 26.9 Å². The second-order valence-electron chi connectivity index (χ2n) is 4.81. The van der Waals surface area contributed by atoms with Crippen LogP contribution in [0.5, 0.6) is 0 Å². The maximum Gasteiger partial charge on any atom is 0.0994 e. The predicted molar refractivity (Wildman–Crippen MR) is 81.2 cm³/mol. The van der Waals surface area contributed by atoms with Gasteiger partial charge in [-0.25, -0.2) is 4.98 Å². The van der Waals surface area contributed by atoms with Crippen LogP contribution in [0.4, 0.5) is 0 Å². The number of nitrogens with one attached hydrogen (secondary N) is 1. The fourth-order valence-electron chi connectivity index (χ4n) is 2.46. The lowest BCUT2D eigenvalue weighted by Gasteiger charge is -2.13. The molecule has 1 aliphatic heterocycles. The molecule has 1 unspecified atom stereocenters. The Labute approximate surface area is 121 Å². The lowest BCUT2D eigenvalue weighted by Crippen LogP contribution is -2.10. The van der Waals surface area contributed by atoms with Crippen molar-refractivity contribution in [2.24, 2.45) is 0 Å². The van der Waals surface area contributed by atoms with E-state index in [9.17, 15) is 0 Å². The molecule has 1 aromatic carbocycles. The summed E-state index contributed by atoms with van der Waals surface area (Å²) in [6, 6.07) is 6.57. The zero-order chi connectivity index (χ0) is 12.5. The van der Waals surface area contributed by atoms with Gasteiger partial charge in [-0.2, -0.15) is 0 Å². The fraction of sp³-hybridized carbons (Fsp3) is 0.357. The van der Waals surface area contributed by atoms with Gasteiger partial charge >= 0.3 is 0 Å². The largest absolute Gasteiger partial charge is 0.316 e. The maximum absolute atomic E-state index is 4.33. The summed E-state index contributed by atoms with van der Waals surface area (Å²) in [7, 11) is 0. The van der Waals surface area contributed by atoms with Crippen LogP contribution in [0, 0.1) is 10.5 Å². The standard InChI is InChI=1S/C14H16IN3/c1-10-2-3-12(6-13(10)15)18-9-17-8-14(18)11-4-5-16-7-11/h2-3,6,8-9,11,16H,4-5,7H2,1H3. The van der Waals surface area contributed by atoms with Crippen molar-refractivity contribution in [2.45, 2.75) is 19.3 Å². The zero-order valence-corrected chi connectivity index (χ0v) is 12.5. The molecular weight excluding hydrogens is 337 g/mol. The predicted octanol–water partition coefficient (Wildman–Crippen LogP) is 2.86. The molecule has 1 aliphatic rings. The first-order valence-electron chi connectivity index (χ1n) is 6.25. The van der Waals surface area contributed by atoms with Gasteiger partial charge in [-0.1, -0.05) is 6.07 Å². The summed E-state index contributed by atoms with van der Waals surface area (Å²) in [5.74, 6) is 0.589. The molecule has 1 saturated heterocycles. The quantitative estimate of drug-likeness (QED) is 0.842. The Kier molecular flexibility index (Phi) is 3.39. The molecular formula is C14H16IN3. The molecule has 4 heteroatoms. The Morgan fingerprint density at radius 1 is 1.44 bits per heavy atom. The summed E-state index contributed by atoms with van der Waals surface area (Å²) in [5.41, 5.74) is 3.85. The second kappa shape index (κ2) is 5.01. The SMILES string of the molecule is Cc1ccc(-n2cncc2C2CCNC2)cc1I. The highest BCUT2D eigenvalue weighted by Gasteiger charge is 2.20. The molecule has 1 aromatic heterocycles. The van der Waals surface area contributed by atoms with Gasteiger partial charge < -0.3 is 9.88 Å². The second-order valence-corrected chi connectivity index (χ2v) is 5.97. The molecule has 0 amide bonds. The Morgan fingerprint density at radius 3 is 3.06 bits per heavy atom. The van der Waals surface area contributed by atoms with E-state index in [0.717, 1.165) is 13.1 Å². The molecule has 94 valence electrons. The van der Waals surface area contributed by atoms with Gasteiger partial charge in [0.15, 0.2) is 0 Å². The molecule has 0 aliphatic carbocycles. The van der Waals surface area contributed by atoms with Crippen LogP contribution in [-0.4, -0.2) is 22.6 Å². The lowest BCUT2D eigenvalue weighted by molar-refractivity contribution is 0.713. The highest BCUT2D eigenvalue weighted by atomic mass is 127. The molecule has 0 radical (unpaired) electrons. The molecule has 18 heavy (non-hydrogen) atoms. The third-order valence-electron chi connectivity index (χ3n) is 3.58. The van der Waals surface area contributed by atoms with E-state index in [1.54, 1.807) is 0 Å². The van der Waals surface area contributed by atoms with Gasteiger partial charge in [-0.15, -0.1) is 0 Å². The first-order chi connectivity index (χ1) is 8.75. The Bertz CT molecular complexity index is 556. The average Bonchev–Trinajstić information content (AvgIpc) is 3.00. The van der Waals surface area contributed by atoms with Crippen LogP contribution >= 0.6 is 22.6 Å². The van der Waals surface area contributed by atoms with E-state index in [2.05, 4.69) is 62.6 Å². The van der Waals surface area contributed by atoms with Crippen molar-refractivity contribution < 1.29 is 0 Å². The zero-order valence-electron chi connectivity index (χ0n) is 10.4. The van der Waals surface area contributed by atoms with E-state index < -0.39 is 0 Å². The molecule has 1 atom stereocenters. The summed E-state index contributed by atoms with van der Waals surface area (Å²) in [5, 5.41) is 3.42.